The molecule has 0 aliphatic carbocycles. The number of anilines is 2. The van der Waals surface area contributed by atoms with Crippen LogP contribution in [0.2, 0.25) is 5.02 Å². The molecule has 4 rings (SSSR count). The Balaban J connectivity index is 1.44. The summed E-state index contributed by atoms with van der Waals surface area (Å²) in [5.41, 5.74) is 0.688. The summed E-state index contributed by atoms with van der Waals surface area (Å²) in [6, 6.07) is 6.93. The predicted octanol–water partition coefficient (Wildman–Crippen LogP) is 4.48. The molecule has 1 aromatic heterocycles. The molecule has 0 amide bonds. The number of benzene rings is 2. The smallest absolute Gasteiger partial charge is 0.320 e. The molecule has 0 radical (unpaired) electrons. The second kappa shape index (κ2) is 10.8. The van der Waals surface area contributed by atoms with Crippen molar-refractivity contribution in [3.05, 3.63) is 57.6 Å². The molecule has 184 valence electrons. The minimum Gasteiger partial charge on any atom is -0.487 e. The number of unbranched alkanes of at least 4 members (excludes halogenated alkanes) is 1. The van der Waals surface area contributed by atoms with Crippen LogP contribution < -0.4 is 10.1 Å². The lowest BCUT2D eigenvalue weighted by Gasteiger charge is -2.30. The van der Waals surface area contributed by atoms with Gasteiger partial charge in [0.05, 0.1) is 34.0 Å². The number of nitro benzene ring substituents is 1. The molecule has 10 nitrogen and oxygen atoms in total. The Kier molecular flexibility index (Phi) is 7.57. The third-order valence-corrected chi connectivity index (χ3v) is 5.71. The second-order valence-corrected chi connectivity index (χ2v) is 8.57. The van der Waals surface area contributed by atoms with E-state index in [1.807, 2.05) is 11.8 Å². The fraction of sp³-hybridized carbons (Fsp3) is 0.348. The molecule has 0 spiro atoms. The molecule has 1 aliphatic heterocycles. The fourth-order valence-electron chi connectivity index (χ4n) is 3.84. The summed E-state index contributed by atoms with van der Waals surface area (Å²) in [7, 11) is 0. The van der Waals surface area contributed by atoms with Gasteiger partial charge in [0.15, 0.2) is 5.75 Å². The Morgan fingerprint density at radius 1 is 1.31 bits per heavy atom. The zero-order valence-electron chi connectivity index (χ0n) is 18.9. The molecule has 0 saturated carbocycles. The number of rotatable bonds is 9. The van der Waals surface area contributed by atoms with Gasteiger partial charge in [0.2, 0.25) is 0 Å². The summed E-state index contributed by atoms with van der Waals surface area (Å²) in [6.07, 6.45) is 2.60. The molecule has 2 heterocycles. The van der Waals surface area contributed by atoms with Crippen molar-refractivity contribution in [1.29, 1.82) is 0 Å². The highest BCUT2D eigenvalue weighted by atomic mass is 35.5. The SMILES string of the molecule is C[C@@H]1CN(CCCCOc2cc3ncnc(Nc4ccc(F)c(Cl)c4)c3cc2[N+](=O)[O-])CC(=O)O1. The van der Waals surface area contributed by atoms with Gasteiger partial charge in [-0.2, -0.15) is 0 Å². The van der Waals surface area contributed by atoms with E-state index in [9.17, 15) is 19.3 Å². The van der Waals surface area contributed by atoms with Gasteiger partial charge in [-0.15, -0.1) is 0 Å². The monoisotopic (exact) mass is 503 g/mol. The van der Waals surface area contributed by atoms with Gasteiger partial charge < -0.3 is 14.8 Å². The number of nitrogens with one attached hydrogen (secondary N) is 1. The molecular weight excluding hydrogens is 481 g/mol. The van der Waals surface area contributed by atoms with E-state index in [4.69, 9.17) is 21.1 Å². The van der Waals surface area contributed by atoms with Gasteiger partial charge in [-0.3, -0.25) is 19.8 Å². The van der Waals surface area contributed by atoms with E-state index in [0.29, 0.717) is 41.9 Å². The van der Waals surface area contributed by atoms with Gasteiger partial charge in [-0.25, -0.2) is 14.4 Å². The largest absolute Gasteiger partial charge is 0.487 e. The minimum atomic E-state index is -0.560. The lowest BCUT2D eigenvalue weighted by molar-refractivity contribution is -0.385. The van der Waals surface area contributed by atoms with E-state index in [0.717, 1.165) is 6.42 Å². The highest BCUT2D eigenvalue weighted by molar-refractivity contribution is 6.31. The van der Waals surface area contributed by atoms with Crippen LogP contribution in [0.1, 0.15) is 19.8 Å². The van der Waals surface area contributed by atoms with Gasteiger partial charge in [-0.05, 0) is 44.5 Å². The van der Waals surface area contributed by atoms with Crippen molar-refractivity contribution in [1.82, 2.24) is 14.9 Å². The highest BCUT2D eigenvalue weighted by Crippen LogP contribution is 2.35. The summed E-state index contributed by atoms with van der Waals surface area (Å²) in [4.78, 5) is 33.1. The number of morpholine rings is 1. The first-order valence-corrected chi connectivity index (χ1v) is 11.4. The maximum absolute atomic E-state index is 13.5. The van der Waals surface area contributed by atoms with Crippen molar-refractivity contribution in [2.75, 3.05) is 31.6 Å². The third-order valence-electron chi connectivity index (χ3n) is 5.42. The Hall–Kier alpha value is -3.57. The normalized spacial score (nSPS) is 16.2. The number of fused-ring (bicyclic) bond motifs is 1. The van der Waals surface area contributed by atoms with E-state index >= 15 is 0 Å². The van der Waals surface area contributed by atoms with Crippen LogP contribution in [0.3, 0.4) is 0 Å². The van der Waals surface area contributed by atoms with Gasteiger partial charge in [0.1, 0.15) is 24.1 Å². The van der Waals surface area contributed by atoms with Crippen LogP contribution in [0.15, 0.2) is 36.7 Å². The molecule has 0 bridgehead atoms. The fourth-order valence-corrected chi connectivity index (χ4v) is 4.02. The van der Waals surface area contributed by atoms with Crippen LogP contribution >= 0.6 is 11.6 Å². The third kappa shape index (κ3) is 6.11. The molecular formula is C23H23ClFN5O5. The summed E-state index contributed by atoms with van der Waals surface area (Å²) >= 11 is 5.84. The standard InChI is InChI=1S/C23H23ClFN5O5/c1-14-11-29(12-22(31)35-14)6-2-3-7-34-21-10-19-16(9-20(21)30(32)33)23(27-13-26-19)28-15-4-5-18(25)17(24)8-15/h4-5,8-10,13-14H,2-3,6-7,11-12H2,1H3,(H,26,27,28)/t14-/m1/s1. The quantitative estimate of drug-likeness (QED) is 0.195. The Bertz CT molecular complexity index is 1260. The number of esters is 1. The lowest BCUT2D eigenvalue weighted by atomic mass is 10.2. The van der Waals surface area contributed by atoms with Crippen LogP contribution in [0.25, 0.3) is 10.9 Å². The minimum absolute atomic E-state index is 0.0650. The number of ether oxygens (including phenoxy) is 2. The molecule has 3 aromatic rings. The molecule has 1 atom stereocenters. The van der Waals surface area contributed by atoms with Crippen LogP contribution in [0.5, 0.6) is 5.75 Å². The number of halogens is 2. The van der Waals surface area contributed by atoms with Crippen molar-refractivity contribution < 1.29 is 23.6 Å². The number of hydrogen-bond acceptors (Lipinski definition) is 9. The van der Waals surface area contributed by atoms with Crippen LogP contribution in [-0.2, 0) is 9.53 Å². The number of nitro groups is 1. The number of carbonyl (C=O) groups excluding carboxylic acids is 1. The van der Waals surface area contributed by atoms with Gasteiger partial charge in [0, 0.05) is 24.4 Å². The number of hydrogen-bond donors (Lipinski definition) is 1. The molecule has 2 aromatic carbocycles. The molecule has 35 heavy (non-hydrogen) atoms. The molecule has 1 saturated heterocycles. The van der Waals surface area contributed by atoms with E-state index in [2.05, 4.69) is 15.3 Å². The first-order valence-electron chi connectivity index (χ1n) is 11.0. The van der Waals surface area contributed by atoms with Crippen molar-refractivity contribution in [3.8, 4) is 5.75 Å². The second-order valence-electron chi connectivity index (χ2n) is 8.16. The van der Waals surface area contributed by atoms with Crippen LogP contribution in [0.4, 0.5) is 21.6 Å². The molecule has 1 aliphatic rings. The van der Waals surface area contributed by atoms with E-state index in [1.165, 1.54) is 36.7 Å². The van der Waals surface area contributed by atoms with E-state index in [1.54, 1.807) is 0 Å². The lowest BCUT2D eigenvalue weighted by Crippen LogP contribution is -2.44. The van der Waals surface area contributed by atoms with E-state index in [-0.39, 0.29) is 41.7 Å². The average molecular weight is 504 g/mol. The zero-order valence-corrected chi connectivity index (χ0v) is 19.6. The first-order chi connectivity index (χ1) is 16.8. The van der Waals surface area contributed by atoms with Crippen LogP contribution in [-0.4, -0.2) is 58.1 Å². The maximum Gasteiger partial charge on any atom is 0.320 e. The summed E-state index contributed by atoms with van der Waals surface area (Å²) in [5.74, 6) is -0.380. The Morgan fingerprint density at radius 2 is 2.14 bits per heavy atom. The number of cyclic esters (lactones) is 1. The maximum atomic E-state index is 13.5. The van der Waals surface area contributed by atoms with Crippen molar-refractivity contribution >= 4 is 45.7 Å². The molecule has 0 unspecified atom stereocenters. The van der Waals surface area contributed by atoms with Gasteiger partial charge >= 0.3 is 11.7 Å². The predicted molar refractivity (Wildman–Crippen MR) is 128 cm³/mol. The van der Waals surface area contributed by atoms with Gasteiger partial charge in [0.25, 0.3) is 0 Å². The summed E-state index contributed by atoms with van der Waals surface area (Å²) in [5, 5.41) is 15.1. The van der Waals surface area contributed by atoms with Gasteiger partial charge in [-0.1, -0.05) is 11.6 Å². The molecule has 1 N–H and O–H groups in total. The first kappa shape index (κ1) is 24.6. The number of aromatic nitrogens is 2. The number of nitrogens with zero attached hydrogens (tertiary/aromatic N) is 4. The highest BCUT2D eigenvalue weighted by Gasteiger charge is 2.23. The van der Waals surface area contributed by atoms with Crippen LogP contribution in [0, 0.1) is 15.9 Å². The molecule has 12 heteroatoms. The summed E-state index contributed by atoms with van der Waals surface area (Å²) < 4.78 is 24.3. The van der Waals surface area contributed by atoms with Crippen molar-refractivity contribution in [3.63, 3.8) is 0 Å². The average Bonchev–Trinajstić information content (AvgIpc) is 2.80. The topological polar surface area (TPSA) is 120 Å². The van der Waals surface area contributed by atoms with Crippen molar-refractivity contribution in [2.45, 2.75) is 25.9 Å². The summed E-state index contributed by atoms with van der Waals surface area (Å²) in [6.45, 7) is 3.78. The Morgan fingerprint density at radius 3 is 2.89 bits per heavy atom. The Labute approximate surface area is 205 Å². The molecule has 1 fully saturated rings. The van der Waals surface area contributed by atoms with E-state index < -0.39 is 10.7 Å². The number of carbonyl (C=O) groups is 1. The zero-order chi connectivity index (χ0) is 24.9. The van der Waals surface area contributed by atoms with Crippen molar-refractivity contribution in [2.24, 2.45) is 0 Å².